The number of Topliss-reactive ketones (excluding diaryl/α,β-unsaturated/α-hetero) is 1. The number of carbonyl (C=O) groups excluding carboxylic acids is 2. The molecule has 0 radical (unpaired) electrons. The second-order valence-electron chi connectivity index (χ2n) is 8.95. The second kappa shape index (κ2) is 8.41. The Morgan fingerprint density at radius 3 is 2.73 bits per heavy atom. The van der Waals surface area contributed by atoms with E-state index >= 15 is 0 Å². The predicted octanol–water partition coefficient (Wildman–Crippen LogP) is 3.15. The maximum Gasteiger partial charge on any atom is 0.311 e. The number of sulfonamides is 1. The lowest BCUT2D eigenvalue weighted by Crippen LogP contribution is -2.43. The average Bonchev–Trinajstić information content (AvgIpc) is 3.40. The van der Waals surface area contributed by atoms with Gasteiger partial charge in [-0.1, -0.05) is 24.3 Å². The van der Waals surface area contributed by atoms with E-state index < -0.39 is 28.0 Å². The summed E-state index contributed by atoms with van der Waals surface area (Å²) in [7, 11) is -3.72. The molecule has 2 aromatic rings. The van der Waals surface area contributed by atoms with Gasteiger partial charge in [0.1, 0.15) is 4.90 Å². The van der Waals surface area contributed by atoms with Crippen LogP contribution in [0.4, 0.5) is 0 Å². The van der Waals surface area contributed by atoms with Gasteiger partial charge in [-0.25, -0.2) is 0 Å². The van der Waals surface area contributed by atoms with Crippen molar-refractivity contribution < 1.29 is 22.7 Å². The smallest absolute Gasteiger partial charge is 0.311 e. The highest BCUT2D eigenvalue weighted by Crippen LogP contribution is 2.30. The van der Waals surface area contributed by atoms with E-state index in [4.69, 9.17) is 4.74 Å². The summed E-state index contributed by atoms with van der Waals surface area (Å²) in [4.78, 5) is 27.8. The molecule has 0 amide bonds. The number of likely N-dealkylation sites (tertiary alicyclic amines) is 1. The van der Waals surface area contributed by atoms with Crippen LogP contribution in [0, 0.1) is 5.92 Å². The molecule has 0 aromatic heterocycles. The van der Waals surface area contributed by atoms with Crippen molar-refractivity contribution in [2.24, 2.45) is 10.3 Å². The highest BCUT2D eigenvalue weighted by atomic mass is 32.2. The molecule has 8 heteroatoms. The van der Waals surface area contributed by atoms with E-state index in [2.05, 4.69) is 4.40 Å². The Morgan fingerprint density at radius 1 is 1.09 bits per heavy atom. The first-order valence-electron chi connectivity index (χ1n) is 11.4. The van der Waals surface area contributed by atoms with Gasteiger partial charge in [-0.2, -0.15) is 8.42 Å². The van der Waals surface area contributed by atoms with Gasteiger partial charge in [0, 0.05) is 24.2 Å². The largest absolute Gasteiger partial charge is 0.454 e. The van der Waals surface area contributed by atoms with Crippen molar-refractivity contribution in [3.8, 4) is 0 Å². The van der Waals surface area contributed by atoms with Crippen LogP contribution in [0.2, 0.25) is 0 Å². The zero-order valence-electron chi connectivity index (χ0n) is 18.5. The summed E-state index contributed by atoms with van der Waals surface area (Å²) in [6.45, 7) is 2.52. The Hall–Kier alpha value is -3.00. The Balaban J connectivity index is 1.27. The normalized spacial score (nSPS) is 21.7. The average molecular weight is 467 g/mol. The molecule has 0 spiro atoms. The van der Waals surface area contributed by atoms with Crippen molar-refractivity contribution in [2.75, 3.05) is 13.1 Å². The van der Waals surface area contributed by atoms with Crippen molar-refractivity contribution in [1.82, 2.24) is 4.90 Å². The van der Waals surface area contributed by atoms with Gasteiger partial charge in [0.25, 0.3) is 10.0 Å². The maximum atomic E-state index is 12.9. The molecule has 2 aromatic carbocycles. The van der Waals surface area contributed by atoms with Crippen LogP contribution in [0.1, 0.15) is 53.2 Å². The van der Waals surface area contributed by atoms with Crippen molar-refractivity contribution in [1.29, 1.82) is 0 Å². The molecule has 2 heterocycles. The van der Waals surface area contributed by atoms with Crippen LogP contribution >= 0.6 is 0 Å². The zero-order chi connectivity index (χ0) is 23.2. The molecule has 1 aliphatic carbocycles. The molecule has 0 saturated carbocycles. The molecule has 3 aliphatic rings. The number of hydrogen-bond acceptors (Lipinski definition) is 6. The number of amidine groups is 1. The minimum Gasteiger partial charge on any atom is -0.454 e. The van der Waals surface area contributed by atoms with Crippen LogP contribution in [0.15, 0.2) is 51.8 Å². The molecule has 2 aliphatic heterocycles. The lowest BCUT2D eigenvalue weighted by atomic mass is 9.97. The van der Waals surface area contributed by atoms with Gasteiger partial charge in [0.2, 0.25) is 5.78 Å². The molecular formula is C25H26N2O5S. The van der Waals surface area contributed by atoms with E-state index in [0.717, 1.165) is 19.3 Å². The second-order valence-corrected chi connectivity index (χ2v) is 10.5. The molecule has 1 fully saturated rings. The Bertz CT molecular complexity index is 1270. The van der Waals surface area contributed by atoms with Gasteiger partial charge in [0.15, 0.2) is 11.9 Å². The maximum absolute atomic E-state index is 12.9. The van der Waals surface area contributed by atoms with Gasteiger partial charge < -0.3 is 9.64 Å². The lowest BCUT2D eigenvalue weighted by Gasteiger charge is -2.33. The lowest BCUT2D eigenvalue weighted by molar-refractivity contribution is -0.152. The molecule has 5 rings (SSSR count). The molecule has 2 unspecified atom stereocenters. The number of nitrogens with zero attached hydrogens (tertiary/aromatic N) is 2. The Morgan fingerprint density at radius 2 is 1.88 bits per heavy atom. The summed E-state index contributed by atoms with van der Waals surface area (Å²) in [6, 6.07) is 12.5. The quantitative estimate of drug-likeness (QED) is 0.508. The van der Waals surface area contributed by atoms with Gasteiger partial charge >= 0.3 is 5.97 Å². The molecule has 0 N–H and O–H groups in total. The number of ketones is 1. The highest BCUT2D eigenvalue weighted by Gasteiger charge is 2.36. The fourth-order valence-electron chi connectivity index (χ4n) is 4.96. The number of benzene rings is 2. The van der Waals surface area contributed by atoms with Crippen molar-refractivity contribution in [3.63, 3.8) is 0 Å². The van der Waals surface area contributed by atoms with E-state index in [9.17, 15) is 18.0 Å². The summed E-state index contributed by atoms with van der Waals surface area (Å²) in [5.41, 5.74) is 3.63. The number of hydrogen-bond donors (Lipinski definition) is 0. The summed E-state index contributed by atoms with van der Waals surface area (Å²) in [6.07, 6.45) is 3.57. The highest BCUT2D eigenvalue weighted by molar-refractivity contribution is 7.90. The third kappa shape index (κ3) is 4.08. The van der Waals surface area contributed by atoms with E-state index in [-0.39, 0.29) is 10.7 Å². The number of piperidine rings is 1. The summed E-state index contributed by atoms with van der Waals surface area (Å²) >= 11 is 0. The first-order chi connectivity index (χ1) is 15.8. The van der Waals surface area contributed by atoms with Crippen LogP contribution in [0.3, 0.4) is 0 Å². The minimum atomic E-state index is -3.72. The number of carbonyl (C=O) groups is 2. The van der Waals surface area contributed by atoms with Crippen LogP contribution in [0.25, 0.3) is 0 Å². The van der Waals surface area contributed by atoms with Crippen LogP contribution in [-0.4, -0.2) is 50.1 Å². The number of rotatable bonds is 4. The van der Waals surface area contributed by atoms with Gasteiger partial charge in [0.05, 0.1) is 5.92 Å². The van der Waals surface area contributed by atoms with Crippen molar-refractivity contribution >= 4 is 27.6 Å². The third-order valence-electron chi connectivity index (χ3n) is 6.71. The molecule has 172 valence electrons. The fraction of sp³-hybridized carbons (Fsp3) is 0.400. The molecule has 1 saturated heterocycles. The number of ether oxygens (including phenoxy) is 1. The Kier molecular flexibility index (Phi) is 5.56. The molecular weight excluding hydrogens is 440 g/mol. The topological polar surface area (TPSA) is 93.1 Å². The molecule has 0 bridgehead atoms. The number of aryl methyl sites for hydroxylation is 2. The zero-order valence-corrected chi connectivity index (χ0v) is 19.3. The molecule has 7 nitrogen and oxygen atoms in total. The van der Waals surface area contributed by atoms with Crippen molar-refractivity contribution in [2.45, 2.75) is 50.0 Å². The van der Waals surface area contributed by atoms with Crippen LogP contribution < -0.4 is 0 Å². The summed E-state index contributed by atoms with van der Waals surface area (Å²) < 4.78 is 34.4. The molecule has 2 atom stereocenters. The molecule has 33 heavy (non-hydrogen) atoms. The van der Waals surface area contributed by atoms with E-state index in [1.807, 2.05) is 23.1 Å². The van der Waals surface area contributed by atoms with Gasteiger partial charge in [-0.05, 0) is 68.4 Å². The predicted molar refractivity (Wildman–Crippen MR) is 123 cm³/mol. The van der Waals surface area contributed by atoms with Gasteiger partial charge in [-0.3, -0.25) is 9.59 Å². The van der Waals surface area contributed by atoms with Crippen LogP contribution in [-0.2, 0) is 32.4 Å². The minimum absolute atomic E-state index is 0.193. The number of fused-ring (bicyclic) bond motifs is 2. The summed E-state index contributed by atoms with van der Waals surface area (Å²) in [5.74, 6) is -0.708. The standard InChI is InChI=1S/C25H26N2O5S/c1-16(23(28)19-12-11-17-6-4-7-18(17)14-19)32-25(29)20-8-5-13-27(15-20)24-21-9-2-3-10-22(21)33(30,31)26-24/h2-3,9-12,14,16,20H,4-8,13,15H2,1H3. The van der Waals surface area contributed by atoms with Gasteiger partial charge in [-0.15, -0.1) is 4.40 Å². The first-order valence-corrected chi connectivity index (χ1v) is 12.8. The van der Waals surface area contributed by atoms with Crippen molar-refractivity contribution in [3.05, 3.63) is 64.7 Å². The fourth-order valence-corrected chi connectivity index (χ4v) is 6.19. The van der Waals surface area contributed by atoms with E-state index in [1.54, 1.807) is 31.2 Å². The first kappa shape index (κ1) is 21.8. The third-order valence-corrected chi connectivity index (χ3v) is 8.04. The number of esters is 1. The Labute approximate surface area is 193 Å². The SMILES string of the molecule is CC(OC(=O)C1CCCN(C2=NS(=O)(=O)c3ccccc32)C1)C(=O)c1ccc2c(c1)CCC2. The summed E-state index contributed by atoms with van der Waals surface area (Å²) in [5, 5.41) is 0. The van der Waals surface area contributed by atoms with Crippen LogP contribution in [0.5, 0.6) is 0 Å². The van der Waals surface area contributed by atoms with E-state index in [0.29, 0.717) is 42.9 Å². The van der Waals surface area contributed by atoms with E-state index in [1.165, 1.54) is 11.1 Å². The monoisotopic (exact) mass is 466 g/mol.